The zero-order chi connectivity index (χ0) is 11.3. The number of hydrogen-bond donors (Lipinski definition) is 2. The third kappa shape index (κ3) is 3.68. The molecule has 1 aromatic carbocycles. The van der Waals surface area contributed by atoms with Crippen molar-refractivity contribution >= 4 is 12.0 Å². The van der Waals surface area contributed by atoms with Gasteiger partial charge in [0.05, 0.1) is 6.42 Å². The average Bonchev–Trinajstić information content (AvgIpc) is 2.16. The summed E-state index contributed by atoms with van der Waals surface area (Å²) in [6, 6.07) is 6.81. The number of carbonyl (C=O) groups is 2. The lowest BCUT2D eigenvalue weighted by atomic mass is 10.1. The van der Waals surface area contributed by atoms with Gasteiger partial charge in [0.25, 0.3) is 0 Å². The molecule has 0 saturated heterocycles. The number of benzene rings is 1. The van der Waals surface area contributed by atoms with E-state index in [-0.39, 0.29) is 5.97 Å². The van der Waals surface area contributed by atoms with Crippen LogP contribution in [0.3, 0.4) is 0 Å². The Bertz CT molecular complexity index is 373. The molecule has 0 spiro atoms. The second-order valence-corrected chi connectivity index (χ2v) is 2.98. The lowest BCUT2D eigenvalue weighted by Crippen LogP contribution is -2.18. The van der Waals surface area contributed by atoms with Crippen LogP contribution < -0.4 is 16.2 Å². The van der Waals surface area contributed by atoms with Gasteiger partial charge in [-0.05, 0) is 18.1 Å². The molecule has 80 valence electrons. The van der Waals surface area contributed by atoms with Crippen molar-refractivity contribution in [2.45, 2.75) is 12.8 Å². The van der Waals surface area contributed by atoms with Crippen LogP contribution in [0.1, 0.15) is 12.0 Å². The highest BCUT2D eigenvalue weighted by molar-refractivity contribution is 5.75. The molecule has 0 bridgehead atoms. The zero-order valence-corrected chi connectivity index (χ0v) is 8.10. The normalized spacial score (nSPS) is 12.9. The van der Waals surface area contributed by atoms with Crippen LogP contribution in [0.2, 0.25) is 0 Å². The minimum atomic E-state index is -0.833. The van der Waals surface area contributed by atoms with E-state index in [9.17, 15) is 4.79 Å². The van der Waals surface area contributed by atoms with Gasteiger partial charge in [0.2, 0.25) is 0 Å². The Morgan fingerprint density at radius 1 is 1.20 bits per heavy atom. The highest BCUT2D eigenvalue weighted by atomic mass is 16.5. The quantitative estimate of drug-likeness (QED) is 0.481. The lowest BCUT2D eigenvalue weighted by Gasteiger charge is -2.13. The van der Waals surface area contributed by atoms with Crippen molar-refractivity contribution < 1.29 is 14.3 Å². The summed E-state index contributed by atoms with van der Waals surface area (Å²) in [5.41, 5.74) is 9.63. The molecule has 0 unspecified atom stereocenters. The van der Waals surface area contributed by atoms with E-state index in [1.54, 1.807) is 0 Å². The van der Waals surface area contributed by atoms with Crippen LogP contribution in [-0.4, -0.2) is 12.0 Å². The van der Waals surface area contributed by atoms with Crippen molar-refractivity contribution in [2.75, 3.05) is 0 Å². The number of amides is 2. The molecule has 0 aromatic heterocycles. The number of aryl methyl sites for hydroxylation is 1. The maximum Gasteiger partial charge on any atom is 0.311 e. The van der Waals surface area contributed by atoms with Crippen LogP contribution in [0.4, 0.5) is 4.79 Å². The number of urea groups is 1. The average molecular weight is 208 g/mol. The largest absolute Gasteiger partial charge is 0.426 e. The Hall–Kier alpha value is -2.04. The summed E-state index contributed by atoms with van der Waals surface area (Å²) in [4.78, 5) is 19.8. The van der Waals surface area contributed by atoms with Crippen molar-refractivity contribution in [3.63, 3.8) is 0 Å². The monoisotopic (exact) mass is 208 g/mol. The first-order valence-corrected chi connectivity index (χ1v) is 4.43. The van der Waals surface area contributed by atoms with Gasteiger partial charge in [0, 0.05) is 0 Å². The standard InChI is InChI=1S/C9H8O2.CH4N2O/c10-9-6-5-7-3-1-2-4-8(7)11-9;2-1(3)4/h1-4H,5-6H2;(H4,2,3,4). The summed E-state index contributed by atoms with van der Waals surface area (Å²) in [5, 5.41) is 0. The molecular formula is C10H12N2O3. The number of carbonyl (C=O) groups excluding carboxylic acids is 2. The lowest BCUT2D eigenvalue weighted by molar-refractivity contribution is -0.135. The van der Waals surface area contributed by atoms with E-state index in [0.717, 1.165) is 17.7 Å². The van der Waals surface area contributed by atoms with E-state index < -0.39 is 6.03 Å². The van der Waals surface area contributed by atoms with Gasteiger partial charge >= 0.3 is 12.0 Å². The van der Waals surface area contributed by atoms with E-state index in [2.05, 4.69) is 11.5 Å². The molecule has 0 aliphatic carbocycles. The molecule has 0 fully saturated rings. The van der Waals surface area contributed by atoms with E-state index in [1.165, 1.54) is 0 Å². The summed E-state index contributed by atoms with van der Waals surface area (Å²) >= 11 is 0. The number of fused-ring (bicyclic) bond motifs is 1. The Balaban J connectivity index is 0.000000245. The maximum absolute atomic E-state index is 10.8. The number of para-hydroxylation sites is 1. The van der Waals surface area contributed by atoms with Crippen LogP contribution in [0.5, 0.6) is 5.75 Å². The minimum Gasteiger partial charge on any atom is -0.426 e. The number of rotatable bonds is 0. The van der Waals surface area contributed by atoms with Crippen molar-refractivity contribution in [1.82, 2.24) is 0 Å². The van der Waals surface area contributed by atoms with E-state index in [4.69, 9.17) is 9.53 Å². The second-order valence-electron chi connectivity index (χ2n) is 2.98. The second kappa shape index (κ2) is 4.99. The predicted octanol–water partition coefficient (Wildman–Crippen LogP) is 0.562. The number of ether oxygens (including phenoxy) is 1. The van der Waals surface area contributed by atoms with E-state index in [0.29, 0.717) is 6.42 Å². The van der Waals surface area contributed by atoms with E-state index >= 15 is 0 Å². The van der Waals surface area contributed by atoms with E-state index in [1.807, 2.05) is 24.3 Å². The molecule has 1 aliphatic rings. The molecule has 0 radical (unpaired) electrons. The molecule has 15 heavy (non-hydrogen) atoms. The van der Waals surface area contributed by atoms with Crippen LogP contribution >= 0.6 is 0 Å². The molecule has 5 heteroatoms. The van der Waals surface area contributed by atoms with Gasteiger partial charge in [-0.3, -0.25) is 4.79 Å². The highest BCUT2D eigenvalue weighted by Crippen LogP contribution is 2.23. The predicted molar refractivity (Wildman–Crippen MR) is 54.2 cm³/mol. The Kier molecular flexibility index (Phi) is 3.68. The Morgan fingerprint density at radius 3 is 2.47 bits per heavy atom. The number of nitrogens with two attached hydrogens (primary N) is 2. The van der Waals surface area contributed by atoms with Gasteiger partial charge in [-0.1, -0.05) is 18.2 Å². The van der Waals surface area contributed by atoms with Crippen molar-refractivity contribution in [3.05, 3.63) is 29.8 Å². The fraction of sp³-hybridized carbons (Fsp3) is 0.200. The minimum absolute atomic E-state index is 0.122. The van der Waals surface area contributed by atoms with Crippen LogP contribution in [0, 0.1) is 0 Å². The Labute approximate surface area is 87.0 Å². The molecule has 2 rings (SSSR count). The summed E-state index contributed by atoms with van der Waals surface area (Å²) < 4.78 is 4.99. The third-order valence-corrected chi connectivity index (χ3v) is 1.79. The SMILES string of the molecule is NC(N)=O.O=C1CCc2ccccc2O1. The Morgan fingerprint density at radius 2 is 1.80 bits per heavy atom. The molecule has 5 nitrogen and oxygen atoms in total. The first-order chi connectivity index (χ1) is 7.09. The highest BCUT2D eigenvalue weighted by Gasteiger charge is 2.15. The van der Waals surface area contributed by atoms with Gasteiger partial charge in [-0.25, -0.2) is 4.79 Å². The summed E-state index contributed by atoms with van der Waals surface area (Å²) in [6.45, 7) is 0. The number of primary amides is 2. The number of esters is 1. The smallest absolute Gasteiger partial charge is 0.311 e. The van der Waals surface area contributed by atoms with Gasteiger partial charge in [0.15, 0.2) is 0 Å². The van der Waals surface area contributed by atoms with Crippen molar-refractivity contribution in [2.24, 2.45) is 11.5 Å². The van der Waals surface area contributed by atoms with Crippen LogP contribution in [-0.2, 0) is 11.2 Å². The molecule has 1 heterocycles. The number of hydrogen-bond acceptors (Lipinski definition) is 3. The van der Waals surface area contributed by atoms with Gasteiger partial charge in [0.1, 0.15) is 5.75 Å². The molecule has 1 aliphatic heterocycles. The molecule has 0 saturated carbocycles. The first-order valence-electron chi connectivity index (χ1n) is 4.43. The van der Waals surface area contributed by atoms with Crippen LogP contribution in [0.15, 0.2) is 24.3 Å². The maximum atomic E-state index is 10.8. The molecule has 0 atom stereocenters. The van der Waals surface area contributed by atoms with Gasteiger partial charge < -0.3 is 16.2 Å². The van der Waals surface area contributed by atoms with Crippen molar-refractivity contribution in [3.8, 4) is 5.75 Å². The molecule has 2 amide bonds. The molecular weight excluding hydrogens is 196 g/mol. The molecule has 4 N–H and O–H groups in total. The topological polar surface area (TPSA) is 95.4 Å². The molecule has 1 aromatic rings. The first kappa shape index (κ1) is 11.0. The third-order valence-electron chi connectivity index (χ3n) is 1.79. The fourth-order valence-corrected chi connectivity index (χ4v) is 1.22. The van der Waals surface area contributed by atoms with Gasteiger partial charge in [-0.2, -0.15) is 0 Å². The summed E-state index contributed by atoms with van der Waals surface area (Å²) in [6.07, 6.45) is 1.33. The van der Waals surface area contributed by atoms with Crippen LogP contribution in [0.25, 0.3) is 0 Å². The summed E-state index contributed by atoms with van der Waals surface area (Å²) in [7, 11) is 0. The zero-order valence-electron chi connectivity index (χ0n) is 8.10. The summed E-state index contributed by atoms with van der Waals surface area (Å²) in [5.74, 6) is 0.604. The van der Waals surface area contributed by atoms with Gasteiger partial charge in [-0.15, -0.1) is 0 Å². The fourth-order valence-electron chi connectivity index (χ4n) is 1.22. The van der Waals surface area contributed by atoms with Crippen molar-refractivity contribution in [1.29, 1.82) is 0 Å².